The number of aliphatic imine (C=N–C) groups is 1. The molecular weight excluding hydrogens is 356 g/mol. The molecule has 8 nitrogen and oxygen atoms in total. The summed E-state index contributed by atoms with van der Waals surface area (Å²) >= 11 is 0. The third-order valence-corrected chi connectivity index (χ3v) is 3.81. The van der Waals surface area contributed by atoms with Crippen LogP contribution in [0.25, 0.3) is 0 Å². The summed E-state index contributed by atoms with van der Waals surface area (Å²) in [6.45, 7) is 11.6. The molecule has 0 saturated heterocycles. The van der Waals surface area contributed by atoms with Crippen LogP contribution in [0, 0.1) is 6.92 Å². The molecule has 0 bridgehead atoms. The van der Waals surface area contributed by atoms with Gasteiger partial charge in [-0.2, -0.15) is 0 Å². The predicted octanol–water partition coefficient (Wildman–Crippen LogP) is 2.76. The van der Waals surface area contributed by atoms with Crippen LogP contribution in [0.4, 0.5) is 5.82 Å². The van der Waals surface area contributed by atoms with Crippen LogP contribution in [0.1, 0.15) is 51.5 Å². The molecule has 0 spiro atoms. The first kappa shape index (κ1) is 21.4. The number of aromatic nitrogens is 2. The van der Waals surface area contributed by atoms with Gasteiger partial charge in [-0.3, -0.25) is 4.79 Å². The minimum Gasteiger partial charge on any atom is -0.443 e. The van der Waals surface area contributed by atoms with E-state index in [0.717, 1.165) is 11.5 Å². The maximum atomic E-state index is 12.1. The lowest BCUT2D eigenvalue weighted by Crippen LogP contribution is -2.38. The number of carbonyl (C=O) groups excluding carboxylic acids is 1. The maximum Gasteiger partial charge on any atom is 0.227 e. The van der Waals surface area contributed by atoms with Crippen LogP contribution in [0.15, 0.2) is 33.8 Å². The highest BCUT2D eigenvalue weighted by Crippen LogP contribution is 2.22. The molecule has 1 amide bonds. The summed E-state index contributed by atoms with van der Waals surface area (Å²) in [6.07, 6.45) is 2.04. The summed E-state index contributed by atoms with van der Waals surface area (Å²) in [7, 11) is 0. The molecule has 8 heteroatoms. The topological polar surface area (TPSA) is 104 Å². The van der Waals surface area contributed by atoms with E-state index in [1.807, 2.05) is 26.0 Å². The van der Waals surface area contributed by atoms with E-state index in [-0.39, 0.29) is 11.3 Å². The Bertz CT molecular complexity index is 807. The molecule has 2 aromatic rings. The zero-order valence-corrected chi connectivity index (χ0v) is 17.3. The van der Waals surface area contributed by atoms with E-state index in [1.165, 1.54) is 0 Å². The third kappa shape index (κ3) is 7.02. The van der Waals surface area contributed by atoms with E-state index in [4.69, 9.17) is 4.42 Å². The number of nitrogens with one attached hydrogen (secondary N) is 3. The van der Waals surface area contributed by atoms with Gasteiger partial charge in [-0.15, -0.1) is 0 Å². The van der Waals surface area contributed by atoms with Crippen LogP contribution in [0.2, 0.25) is 0 Å². The van der Waals surface area contributed by atoms with Gasteiger partial charge in [-0.1, -0.05) is 26.8 Å². The monoisotopic (exact) mass is 386 g/mol. The second-order valence-electron chi connectivity index (χ2n) is 7.45. The Labute approximate surface area is 166 Å². The molecule has 0 radical (unpaired) electrons. The van der Waals surface area contributed by atoms with Gasteiger partial charge in [0, 0.05) is 30.6 Å². The number of nitrogens with zero attached hydrogens (tertiary/aromatic N) is 3. The molecule has 0 fully saturated rings. The van der Waals surface area contributed by atoms with Gasteiger partial charge in [0.1, 0.15) is 18.1 Å². The number of guanidine groups is 1. The minimum atomic E-state index is -0.107. The average molecular weight is 387 g/mol. The standard InChI is InChI=1S/C20H30N6O2/c1-6-21-19(24-13-18-23-12-15(28-18)20(3,4)5)22-11-10-17(27)26-16-9-7-8-14(2)25-16/h7-9,12H,6,10-11,13H2,1-5H3,(H2,21,22,24)(H,25,26,27). The largest absolute Gasteiger partial charge is 0.443 e. The summed E-state index contributed by atoms with van der Waals surface area (Å²) < 4.78 is 5.75. The summed E-state index contributed by atoms with van der Waals surface area (Å²) in [4.78, 5) is 25.1. The molecular formula is C20H30N6O2. The third-order valence-electron chi connectivity index (χ3n) is 3.81. The highest BCUT2D eigenvalue weighted by Gasteiger charge is 2.19. The van der Waals surface area contributed by atoms with Crippen molar-refractivity contribution in [3.05, 3.63) is 41.7 Å². The van der Waals surface area contributed by atoms with Crippen molar-refractivity contribution in [1.82, 2.24) is 20.6 Å². The Morgan fingerprint density at radius 1 is 1.25 bits per heavy atom. The van der Waals surface area contributed by atoms with Crippen molar-refractivity contribution in [3.8, 4) is 0 Å². The Kier molecular flexibility index (Phi) is 7.54. The highest BCUT2D eigenvalue weighted by atomic mass is 16.4. The summed E-state index contributed by atoms with van der Waals surface area (Å²) in [5, 5.41) is 9.08. The van der Waals surface area contributed by atoms with Crippen molar-refractivity contribution in [3.63, 3.8) is 0 Å². The smallest absolute Gasteiger partial charge is 0.227 e. The van der Waals surface area contributed by atoms with Crippen molar-refractivity contribution >= 4 is 17.7 Å². The molecule has 0 atom stereocenters. The Balaban J connectivity index is 1.84. The van der Waals surface area contributed by atoms with Gasteiger partial charge in [0.05, 0.1) is 6.20 Å². The molecule has 0 aromatic carbocycles. The summed E-state index contributed by atoms with van der Waals surface area (Å²) in [5.74, 6) is 2.45. The van der Waals surface area contributed by atoms with Crippen LogP contribution < -0.4 is 16.0 Å². The van der Waals surface area contributed by atoms with Gasteiger partial charge in [-0.05, 0) is 26.0 Å². The first-order valence-electron chi connectivity index (χ1n) is 9.49. The first-order chi connectivity index (χ1) is 13.3. The summed E-state index contributed by atoms with van der Waals surface area (Å²) in [6, 6.07) is 5.51. The number of oxazole rings is 1. The van der Waals surface area contributed by atoms with E-state index in [0.29, 0.717) is 43.7 Å². The molecule has 0 unspecified atom stereocenters. The molecule has 2 aromatic heterocycles. The molecule has 0 saturated carbocycles. The first-order valence-corrected chi connectivity index (χ1v) is 9.49. The van der Waals surface area contributed by atoms with E-state index in [9.17, 15) is 4.79 Å². The molecule has 0 aliphatic rings. The van der Waals surface area contributed by atoms with E-state index < -0.39 is 0 Å². The quantitative estimate of drug-likeness (QED) is 0.499. The lowest BCUT2D eigenvalue weighted by atomic mass is 9.94. The van der Waals surface area contributed by atoms with Crippen LogP contribution in [0.5, 0.6) is 0 Å². The van der Waals surface area contributed by atoms with Crippen molar-refractivity contribution in [2.45, 2.75) is 53.0 Å². The number of pyridine rings is 1. The van der Waals surface area contributed by atoms with Crippen LogP contribution in [0.3, 0.4) is 0 Å². The number of amides is 1. The predicted molar refractivity (Wildman–Crippen MR) is 110 cm³/mol. The van der Waals surface area contributed by atoms with E-state index in [1.54, 1.807) is 12.3 Å². The van der Waals surface area contributed by atoms with Gasteiger partial charge in [0.15, 0.2) is 5.96 Å². The van der Waals surface area contributed by atoms with Gasteiger partial charge in [-0.25, -0.2) is 15.0 Å². The number of carbonyl (C=O) groups is 1. The summed E-state index contributed by atoms with van der Waals surface area (Å²) in [5.41, 5.74) is 0.774. The van der Waals surface area contributed by atoms with Gasteiger partial charge < -0.3 is 20.4 Å². The SMILES string of the molecule is CCNC(=NCc1ncc(C(C)(C)C)o1)NCCC(=O)Nc1cccc(C)n1. The van der Waals surface area contributed by atoms with Crippen LogP contribution in [-0.4, -0.2) is 34.9 Å². The second kappa shape index (κ2) is 9.87. The van der Waals surface area contributed by atoms with Crippen molar-refractivity contribution in [2.75, 3.05) is 18.4 Å². The molecule has 0 aliphatic carbocycles. The van der Waals surface area contributed by atoms with Gasteiger partial charge >= 0.3 is 0 Å². The fourth-order valence-corrected chi connectivity index (χ4v) is 2.33. The van der Waals surface area contributed by atoms with Crippen molar-refractivity contribution in [2.24, 2.45) is 4.99 Å². The Morgan fingerprint density at radius 3 is 2.68 bits per heavy atom. The number of hydrogen-bond donors (Lipinski definition) is 3. The second-order valence-corrected chi connectivity index (χ2v) is 7.45. The molecule has 3 N–H and O–H groups in total. The zero-order valence-electron chi connectivity index (χ0n) is 17.3. The van der Waals surface area contributed by atoms with Crippen LogP contribution in [-0.2, 0) is 16.8 Å². The molecule has 28 heavy (non-hydrogen) atoms. The number of aryl methyl sites for hydroxylation is 1. The van der Waals surface area contributed by atoms with E-state index in [2.05, 4.69) is 51.7 Å². The van der Waals surface area contributed by atoms with Gasteiger partial charge in [0.2, 0.25) is 11.8 Å². The zero-order chi connectivity index (χ0) is 20.6. The Morgan fingerprint density at radius 2 is 2.04 bits per heavy atom. The maximum absolute atomic E-state index is 12.1. The minimum absolute atomic E-state index is 0.0861. The van der Waals surface area contributed by atoms with Crippen molar-refractivity contribution in [1.29, 1.82) is 0 Å². The average Bonchev–Trinajstić information content (AvgIpc) is 3.09. The van der Waals surface area contributed by atoms with Crippen molar-refractivity contribution < 1.29 is 9.21 Å². The molecule has 2 heterocycles. The number of hydrogen-bond acceptors (Lipinski definition) is 5. The number of rotatable bonds is 7. The molecule has 152 valence electrons. The lowest BCUT2D eigenvalue weighted by Gasteiger charge is -2.13. The molecule has 0 aliphatic heterocycles. The van der Waals surface area contributed by atoms with E-state index >= 15 is 0 Å². The normalized spacial score (nSPS) is 12.0. The number of anilines is 1. The molecule has 2 rings (SSSR count). The highest BCUT2D eigenvalue weighted by molar-refractivity contribution is 5.90. The lowest BCUT2D eigenvalue weighted by molar-refractivity contribution is -0.116. The fourth-order valence-electron chi connectivity index (χ4n) is 2.33. The van der Waals surface area contributed by atoms with Crippen LogP contribution >= 0.6 is 0 Å². The Hall–Kier alpha value is -2.90. The fraction of sp³-hybridized carbons (Fsp3) is 0.500. The van der Waals surface area contributed by atoms with Gasteiger partial charge in [0.25, 0.3) is 0 Å².